The molecule has 1 rings (SSSR count). The van der Waals surface area contributed by atoms with Crippen molar-refractivity contribution in [3.8, 4) is 0 Å². The standard InChI is InChI=1S/C16H31N3OS/c1-8-20-10-9-19(7)15-18-14(16(4,5)6)13(21-15)11-17-12(2)3/h12,17H,8-11H2,1-7H3. The first-order valence-electron chi connectivity index (χ1n) is 7.78. The Kier molecular flexibility index (Phi) is 7.10. The molecule has 1 N–H and O–H groups in total. The number of rotatable bonds is 8. The fourth-order valence-corrected chi connectivity index (χ4v) is 3.16. The molecule has 0 saturated heterocycles. The molecule has 0 aliphatic rings. The molecular formula is C16H31N3OS. The molecule has 0 bridgehead atoms. The van der Waals surface area contributed by atoms with Gasteiger partial charge in [-0.3, -0.25) is 0 Å². The van der Waals surface area contributed by atoms with Crippen LogP contribution < -0.4 is 10.2 Å². The van der Waals surface area contributed by atoms with Crippen LogP contribution in [0.1, 0.15) is 52.1 Å². The highest BCUT2D eigenvalue weighted by Crippen LogP contribution is 2.33. The van der Waals surface area contributed by atoms with E-state index < -0.39 is 0 Å². The van der Waals surface area contributed by atoms with E-state index in [0.29, 0.717) is 6.04 Å². The lowest BCUT2D eigenvalue weighted by atomic mass is 9.91. The summed E-state index contributed by atoms with van der Waals surface area (Å²) in [7, 11) is 2.09. The Bertz CT molecular complexity index is 424. The minimum atomic E-state index is 0.0729. The maximum absolute atomic E-state index is 5.43. The molecule has 21 heavy (non-hydrogen) atoms. The van der Waals surface area contributed by atoms with Crippen LogP contribution in [0.4, 0.5) is 5.13 Å². The first kappa shape index (κ1) is 18.4. The molecule has 0 aliphatic carbocycles. The normalized spacial score (nSPS) is 12.2. The second-order valence-corrected chi connectivity index (χ2v) is 7.73. The van der Waals surface area contributed by atoms with Gasteiger partial charge in [-0.15, -0.1) is 11.3 Å². The Labute approximate surface area is 133 Å². The van der Waals surface area contributed by atoms with Crippen molar-refractivity contribution in [3.05, 3.63) is 10.6 Å². The molecule has 0 radical (unpaired) electrons. The van der Waals surface area contributed by atoms with E-state index in [9.17, 15) is 0 Å². The lowest BCUT2D eigenvalue weighted by Crippen LogP contribution is -2.24. The average Bonchev–Trinajstić information content (AvgIpc) is 2.80. The van der Waals surface area contributed by atoms with Crippen molar-refractivity contribution in [3.63, 3.8) is 0 Å². The molecule has 1 aromatic rings. The minimum Gasteiger partial charge on any atom is -0.380 e. The number of likely N-dealkylation sites (N-methyl/N-ethyl adjacent to an activating group) is 1. The Morgan fingerprint density at radius 3 is 2.52 bits per heavy atom. The summed E-state index contributed by atoms with van der Waals surface area (Å²) in [6.45, 7) is 16.3. The van der Waals surface area contributed by atoms with Gasteiger partial charge in [0.15, 0.2) is 5.13 Å². The zero-order chi connectivity index (χ0) is 16.0. The van der Waals surface area contributed by atoms with Gasteiger partial charge in [0, 0.05) is 43.1 Å². The van der Waals surface area contributed by atoms with Gasteiger partial charge in [0.25, 0.3) is 0 Å². The molecule has 5 heteroatoms. The number of hydrogen-bond donors (Lipinski definition) is 1. The molecule has 122 valence electrons. The number of hydrogen-bond acceptors (Lipinski definition) is 5. The van der Waals surface area contributed by atoms with E-state index >= 15 is 0 Å². The molecular weight excluding hydrogens is 282 g/mol. The van der Waals surface area contributed by atoms with Crippen molar-refractivity contribution in [1.29, 1.82) is 0 Å². The molecule has 1 aromatic heterocycles. The zero-order valence-corrected chi connectivity index (χ0v) is 15.4. The highest BCUT2D eigenvalue weighted by atomic mass is 32.1. The van der Waals surface area contributed by atoms with Gasteiger partial charge in [-0.2, -0.15) is 0 Å². The lowest BCUT2D eigenvalue weighted by Gasteiger charge is -2.18. The van der Waals surface area contributed by atoms with Crippen LogP contribution in [0.3, 0.4) is 0 Å². The lowest BCUT2D eigenvalue weighted by molar-refractivity contribution is 0.154. The van der Waals surface area contributed by atoms with Crippen molar-refractivity contribution in [2.24, 2.45) is 0 Å². The second kappa shape index (κ2) is 8.11. The van der Waals surface area contributed by atoms with Gasteiger partial charge in [0.2, 0.25) is 0 Å². The summed E-state index contributed by atoms with van der Waals surface area (Å²) in [4.78, 5) is 8.42. The van der Waals surface area contributed by atoms with Crippen molar-refractivity contribution >= 4 is 16.5 Å². The summed E-state index contributed by atoms with van der Waals surface area (Å²) in [5, 5.41) is 4.59. The quantitative estimate of drug-likeness (QED) is 0.746. The van der Waals surface area contributed by atoms with Crippen molar-refractivity contribution < 1.29 is 4.74 Å². The largest absolute Gasteiger partial charge is 0.380 e. The van der Waals surface area contributed by atoms with Crippen LogP contribution in [-0.2, 0) is 16.7 Å². The monoisotopic (exact) mass is 313 g/mol. The Morgan fingerprint density at radius 1 is 1.33 bits per heavy atom. The summed E-state index contributed by atoms with van der Waals surface area (Å²) >= 11 is 1.79. The fourth-order valence-electron chi connectivity index (χ4n) is 1.95. The van der Waals surface area contributed by atoms with E-state index in [1.54, 1.807) is 11.3 Å². The highest BCUT2D eigenvalue weighted by molar-refractivity contribution is 7.15. The maximum atomic E-state index is 5.43. The molecule has 0 saturated carbocycles. The SMILES string of the molecule is CCOCCN(C)c1nc(C(C)(C)C)c(CNC(C)C)s1. The number of nitrogens with zero attached hydrogens (tertiary/aromatic N) is 2. The third-order valence-corrected chi connectivity index (χ3v) is 4.34. The molecule has 0 fully saturated rings. The Hall–Kier alpha value is -0.650. The molecule has 0 spiro atoms. The Morgan fingerprint density at radius 2 is 2.00 bits per heavy atom. The van der Waals surface area contributed by atoms with Crippen LogP contribution in [0.25, 0.3) is 0 Å². The topological polar surface area (TPSA) is 37.4 Å². The maximum Gasteiger partial charge on any atom is 0.185 e. The van der Waals surface area contributed by atoms with E-state index in [2.05, 4.69) is 51.9 Å². The number of nitrogens with one attached hydrogen (secondary N) is 1. The predicted molar refractivity (Wildman–Crippen MR) is 92.6 cm³/mol. The van der Waals surface area contributed by atoms with Gasteiger partial charge in [0.1, 0.15) is 0 Å². The zero-order valence-electron chi connectivity index (χ0n) is 14.6. The third kappa shape index (κ3) is 5.93. The number of thiazole rings is 1. The molecule has 0 amide bonds. The highest BCUT2D eigenvalue weighted by Gasteiger charge is 2.24. The van der Waals surface area contributed by atoms with Crippen molar-refractivity contribution in [2.75, 3.05) is 31.7 Å². The summed E-state index contributed by atoms with van der Waals surface area (Å²) in [6, 6.07) is 0.485. The van der Waals surface area contributed by atoms with E-state index in [1.807, 2.05) is 6.92 Å². The van der Waals surface area contributed by atoms with Gasteiger partial charge in [-0.25, -0.2) is 4.98 Å². The van der Waals surface area contributed by atoms with Gasteiger partial charge in [-0.05, 0) is 6.92 Å². The third-order valence-electron chi connectivity index (χ3n) is 3.17. The second-order valence-electron chi connectivity index (χ2n) is 6.67. The predicted octanol–water partition coefficient (Wildman–Crippen LogP) is 3.41. The van der Waals surface area contributed by atoms with E-state index in [1.165, 1.54) is 10.6 Å². The fraction of sp³-hybridized carbons (Fsp3) is 0.812. The van der Waals surface area contributed by atoms with Crippen LogP contribution in [0.5, 0.6) is 0 Å². The van der Waals surface area contributed by atoms with E-state index in [-0.39, 0.29) is 5.41 Å². The van der Waals surface area contributed by atoms with Crippen molar-refractivity contribution in [2.45, 2.75) is 59.5 Å². The van der Waals surface area contributed by atoms with E-state index in [0.717, 1.165) is 31.4 Å². The van der Waals surface area contributed by atoms with Crippen LogP contribution in [0.2, 0.25) is 0 Å². The van der Waals surface area contributed by atoms with Crippen LogP contribution in [-0.4, -0.2) is 37.8 Å². The molecule has 0 aliphatic heterocycles. The summed E-state index contributed by atoms with van der Waals surface area (Å²) in [5.41, 5.74) is 1.28. The number of anilines is 1. The van der Waals surface area contributed by atoms with Crippen molar-refractivity contribution in [1.82, 2.24) is 10.3 Å². The minimum absolute atomic E-state index is 0.0729. The van der Waals surface area contributed by atoms with Crippen LogP contribution in [0, 0.1) is 0 Å². The molecule has 4 nitrogen and oxygen atoms in total. The Balaban J connectivity index is 2.86. The van der Waals surface area contributed by atoms with Gasteiger partial charge >= 0.3 is 0 Å². The average molecular weight is 314 g/mol. The smallest absolute Gasteiger partial charge is 0.185 e. The van der Waals surface area contributed by atoms with Gasteiger partial charge < -0.3 is 15.0 Å². The van der Waals surface area contributed by atoms with Gasteiger partial charge in [0.05, 0.1) is 12.3 Å². The summed E-state index contributed by atoms with van der Waals surface area (Å²) in [6.07, 6.45) is 0. The molecule has 0 atom stereocenters. The van der Waals surface area contributed by atoms with Crippen LogP contribution >= 0.6 is 11.3 Å². The summed E-state index contributed by atoms with van der Waals surface area (Å²) in [5.74, 6) is 0. The van der Waals surface area contributed by atoms with Gasteiger partial charge in [-0.1, -0.05) is 34.6 Å². The molecule has 1 heterocycles. The molecule has 0 aromatic carbocycles. The first-order chi connectivity index (χ1) is 9.75. The van der Waals surface area contributed by atoms with E-state index in [4.69, 9.17) is 9.72 Å². The first-order valence-corrected chi connectivity index (χ1v) is 8.59. The molecule has 0 unspecified atom stereocenters. The van der Waals surface area contributed by atoms with Crippen LogP contribution in [0.15, 0.2) is 0 Å². The summed E-state index contributed by atoms with van der Waals surface area (Å²) < 4.78 is 5.43. The number of ether oxygens (including phenoxy) is 1. The number of aromatic nitrogens is 1.